The van der Waals surface area contributed by atoms with Crippen LogP contribution in [0.2, 0.25) is 0 Å². The monoisotopic (exact) mass is 459 g/mol. The number of carbonyl (C=O) groups excluding carboxylic acids is 1. The number of unbranched alkanes of at least 4 members (excludes halogenated alkanes) is 5. The van der Waals surface area contributed by atoms with Gasteiger partial charge in [0, 0.05) is 17.3 Å². The molecule has 1 atom stereocenters. The van der Waals surface area contributed by atoms with Crippen LogP contribution in [-0.2, 0) is 9.53 Å². The second kappa shape index (κ2) is 11.5. The number of carbonyl (C=O) groups is 1. The summed E-state index contributed by atoms with van der Waals surface area (Å²) in [6.07, 6.45) is 6.66. The van der Waals surface area contributed by atoms with Crippen LogP contribution in [0.3, 0.4) is 0 Å². The second-order valence-corrected chi connectivity index (χ2v) is 7.87. The van der Waals surface area contributed by atoms with Gasteiger partial charge in [-0.25, -0.2) is 4.79 Å². The fourth-order valence-electron chi connectivity index (χ4n) is 3.96. The van der Waals surface area contributed by atoms with Crippen LogP contribution >= 0.6 is 0 Å². The van der Waals surface area contributed by atoms with Gasteiger partial charge in [-0.15, -0.1) is 0 Å². The molecule has 0 saturated heterocycles. The van der Waals surface area contributed by atoms with E-state index in [-0.39, 0.29) is 0 Å². The molecule has 3 rings (SSSR count). The number of benzene rings is 1. The summed E-state index contributed by atoms with van der Waals surface area (Å²) in [5, 5.41) is 15.0. The van der Waals surface area contributed by atoms with Gasteiger partial charge in [0.2, 0.25) is 5.95 Å². The van der Waals surface area contributed by atoms with Gasteiger partial charge in [-0.1, -0.05) is 44.1 Å². The van der Waals surface area contributed by atoms with Crippen LogP contribution in [0.1, 0.15) is 64.0 Å². The number of tetrazole rings is 1. The van der Waals surface area contributed by atoms with Gasteiger partial charge in [0.15, 0.2) is 11.5 Å². The fourth-order valence-corrected chi connectivity index (χ4v) is 3.96. The van der Waals surface area contributed by atoms with Gasteiger partial charge in [-0.05, 0) is 29.8 Å². The Kier molecular flexibility index (Phi) is 8.51. The number of anilines is 1. The molecule has 1 aromatic heterocycles. The summed E-state index contributed by atoms with van der Waals surface area (Å²) in [6, 6.07) is 2.82. The first-order valence-electron chi connectivity index (χ1n) is 11.3. The Morgan fingerprint density at radius 3 is 2.36 bits per heavy atom. The Morgan fingerprint density at radius 2 is 1.67 bits per heavy atom. The molecule has 0 amide bonds. The van der Waals surface area contributed by atoms with Crippen molar-refractivity contribution in [3.63, 3.8) is 0 Å². The number of aromatic nitrogens is 4. The number of fused-ring (bicyclic) bond motifs is 1. The van der Waals surface area contributed by atoms with Crippen LogP contribution in [0.5, 0.6) is 17.2 Å². The van der Waals surface area contributed by atoms with E-state index >= 15 is 0 Å². The van der Waals surface area contributed by atoms with E-state index in [1.54, 1.807) is 40.4 Å². The van der Waals surface area contributed by atoms with E-state index in [0.29, 0.717) is 46.6 Å². The molecule has 33 heavy (non-hydrogen) atoms. The molecular formula is C23H33N5O5. The van der Waals surface area contributed by atoms with Crippen molar-refractivity contribution in [3.05, 3.63) is 29.0 Å². The highest BCUT2D eigenvalue weighted by Crippen LogP contribution is 2.43. The minimum absolute atomic E-state index is 0.361. The molecule has 2 aromatic rings. The number of esters is 1. The van der Waals surface area contributed by atoms with E-state index in [4.69, 9.17) is 18.9 Å². The van der Waals surface area contributed by atoms with Crippen LogP contribution in [0, 0.1) is 0 Å². The summed E-state index contributed by atoms with van der Waals surface area (Å²) in [5.74, 6) is 1.52. The summed E-state index contributed by atoms with van der Waals surface area (Å²) in [4.78, 5) is 13.2. The highest BCUT2D eigenvalue weighted by atomic mass is 16.5. The van der Waals surface area contributed by atoms with Crippen LogP contribution in [0.4, 0.5) is 5.95 Å². The highest BCUT2D eigenvalue weighted by Gasteiger charge is 2.37. The van der Waals surface area contributed by atoms with Crippen LogP contribution in [0.25, 0.3) is 0 Å². The van der Waals surface area contributed by atoms with E-state index in [9.17, 15) is 4.79 Å². The maximum atomic E-state index is 13.2. The second-order valence-electron chi connectivity index (χ2n) is 7.87. The summed E-state index contributed by atoms with van der Waals surface area (Å²) >= 11 is 0. The molecule has 10 heteroatoms. The molecular weight excluding hydrogens is 426 g/mol. The van der Waals surface area contributed by atoms with Crippen LogP contribution < -0.4 is 19.5 Å². The average molecular weight is 460 g/mol. The molecule has 0 fully saturated rings. The Bertz CT molecular complexity index is 988. The lowest BCUT2D eigenvalue weighted by Crippen LogP contribution is -2.30. The SMILES string of the molecule is CCCCCCCCOC(=O)C1=C(C)Nc2nnnn2[C@@H]1c1cc(OC)c(OC)cc1OC. The number of nitrogens with one attached hydrogen (secondary N) is 1. The van der Waals surface area contributed by atoms with E-state index in [2.05, 4.69) is 27.8 Å². The number of rotatable bonds is 12. The molecule has 0 spiro atoms. The van der Waals surface area contributed by atoms with Crippen molar-refractivity contribution in [2.24, 2.45) is 0 Å². The molecule has 0 radical (unpaired) electrons. The zero-order chi connectivity index (χ0) is 23.8. The summed E-state index contributed by atoms with van der Waals surface area (Å²) in [7, 11) is 4.66. The maximum Gasteiger partial charge on any atom is 0.338 e. The predicted molar refractivity (Wildman–Crippen MR) is 123 cm³/mol. The quantitative estimate of drug-likeness (QED) is 0.373. The molecule has 1 aliphatic heterocycles. The predicted octanol–water partition coefficient (Wildman–Crippen LogP) is 3.89. The minimum atomic E-state index is -0.664. The van der Waals surface area contributed by atoms with Crippen molar-refractivity contribution in [2.75, 3.05) is 33.3 Å². The largest absolute Gasteiger partial charge is 0.496 e. The Morgan fingerprint density at radius 1 is 1.00 bits per heavy atom. The Hall–Kier alpha value is -3.30. The van der Waals surface area contributed by atoms with Crippen LogP contribution in [0.15, 0.2) is 23.4 Å². The molecule has 0 unspecified atom stereocenters. The van der Waals surface area contributed by atoms with Gasteiger partial charge < -0.3 is 24.3 Å². The molecule has 1 aromatic carbocycles. The number of allylic oxidation sites excluding steroid dienone is 1. The van der Waals surface area contributed by atoms with Crippen molar-refractivity contribution in [2.45, 2.75) is 58.4 Å². The lowest BCUT2D eigenvalue weighted by atomic mass is 9.94. The fraction of sp³-hybridized carbons (Fsp3) is 0.565. The first-order chi connectivity index (χ1) is 16.0. The number of hydrogen-bond donors (Lipinski definition) is 1. The minimum Gasteiger partial charge on any atom is -0.496 e. The number of ether oxygens (including phenoxy) is 4. The number of hydrogen-bond acceptors (Lipinski definition) is 9. The van der Waals surface area contributed by atoms with E-state index in [1.165, 1.54) is 23.9 Å². The summed E-state index contributed by atoms with van der Waals surface area (Å²) in [5.41, 5.74) is 1.68. The topological polar surface area (TPSA) is 110 Å². The van der Waals surface area contributed by atoms with E-state index < -0.39 is 12.0 Å². The molecule has 180 valence electrons. The standard InChI is InChI=1S/C23H33N5O5/c1-6-7-8-9-10-11-12-33-22(29)20-15(2)24-23-25-26-27-28(23)21(20)16-13-18(31-4)19(32-5)14-17(16)30-3/h13-14,21H,6-12H2,1-5H3,(H,24,25,27)/t21-/m1/s1. The lowest BCUT2D eigenvalue weighted by Gasteiger charge is -2.28. The van der Waals surface area contributed by atoms with Gasteiger partial charge in [0.05, 0.1) is 33.5 Å². The maximum absolute atomic E-state index is 13.2. The molecule has 2 heterocycles. The van der Waals surface area contributed by atoms with Gasteiger partial charge in [0.25, 0.3) is 0 Å². The number of methoxy groups -OCH3 is 3. The molecule has 1 aliphatic rings. The van der Waals surface area contributed by atoms with Crippen molar-refractivity contribution < 1.29 is 23.7 Å². The number of nitrogens with zero attached hydrogens (tertiary/aromatic N) is 4. The van der Waals surface area contributed by atoms with Gasteiger partial charge >= 0.3 is 5.97 Å². The Balaban J connectivity index is 1.90. The lowest BCUT2D eigenvalue weighted by molar-refractivity contribution is -0.139. The smallest absolute Gasteiger partial charge is 0.338 e. The zero-order valence-corrected chi connectivity index (χ0v) is 20.0. The van der Waals surface area contributed by atoms with Gasteiger partial charge in [-0.3, -0.25) is 0 Å². The highest BCUT2D eigenvalue weighted by molar-refractivity contribution is 5.92. The van der Waals surface area contributed by atoms with Crippen LogP contribution in [-0.4, -0.2) is 54.1 Å². The third kappa shape index (κ3) is 5.37. The Labute approximate surface area is 194 Å². The third-order valence-electron chi connectivity index (χ3n) is 5.70. The first-order valence-corrected chi connectivity index (χ1v) is 11.3. The zero-order valence-electron chi connectivity index (χ0n) is 20.0. The summed E-state index contributed by atoms with van der Waals surface area (Å²) < 4.78 is 23.7. The normalized spacial score (nSPS) is 15.0. The van der Waals surface area contributed by atoms with Crippen molar-refractivity contribution in [1.29, 1.82) is 0 Å². The van der Waals surface area contributed by atoms with Gasteiger partial charge in [0.1, 0.15) is 11.8 Å². The van der Waals surface area contributed by atoms with E-state index in [0.717, 1.165) is 19.3 Å². The average Bonchev–Trinajstić information content (AvgIpc) is 3.29. The first kappa shape index (κ1) is 24.3. The molecule has 0 aliphatic carbocycles. The molecule has 0 bridgehead atoms. The summed E-state index contributed by atoms with van der Waals surface area (Å²) in [6.45, 7) is 4.36. The van der Waals surface area contributed by atoms with E-state index in [1.807, 2.05) is 0 Å². The van der Waals surface area contributed by atoms with Crippen molar-refractivity contribution in [3.8, 4) is 17.2 Å². The molecule has 1 N–H and O–H groups in total. The van der Waals surface area contributed by atoms with Gasteiger partial charge in [-0.2, -0.15) is 4.68 Å². The van der Waals surface area contributed by atoms with Crippen molar-refractivity contribution >= 4 is 11.9 Å². The van der Waals surface area contributed by atoms with Crippen molar-refractivity contribution in [1.82, 2.24) is 20.2 Å². The molecule has 0 saturated carbocycles. The molecule has 10 nitrogen and oxygen atoms in total. The third-order valence-corrected chi connectivity index (χ3v) is 5.70.